The molecule has 1 heterocycles. The molecule has 0 aliphatic carbocycles. The Balaban J connectivity index is 2.45. The van der Waals surface area contributed by atoms with Crippen LogP contribution in [0.3, 0.4) is 0 Å². The number of nitrogens with zero attached hydrogens (tertiary/aromatic N) is 1. The second-order valence-electron chi connectivity index (χ2n) is 3.34. The van der Waals surface area contributed by atoms with Crippen LogP contribution < -0.4 is 10.6 Å². The maximum Gasteiger partial charge on any atom is 0.148 e. The molecule has 1 aromatic carbocycles. The van der Waals surface area contributed by atoms with Crippen LogP contribution >= 0.6 is 27.3 Å². The van der Waals surface area contributed by atoms with Gasteiger partial charge in [-0.25, -0.2) is 4.39 Å². The topological polar surface area (TPSA) is 29.3 Å². The number of rotatable bonds is 2. The van der Waals surface area contributed by atoms with Crippen LogP contribution in [-0.2, 0) is 0 Å². The van der Waals surface area contributed by atoms with Gasteiger partial charge in [-0.3, -0.25) is 0 Å². The number of benzene rings is 1. The van der Waals surface area contributed by atoms with Gasteiger partial charge in [0.05, 0.1) is 10.7 Å². The van der Waals surface area contributed by atoms with Crippen molar-refractivity contribution in [2.45, 2.75) is 0 Å². The molecule has 0 aliphatic heterocycles. The van der Waals surface area contributed by atoms with E-state index in [2.05, 4.69) is 15.9 Å². The number of thiophene rings is 1. The van der Waals surface area contributed by atoms with Gasteiger partial charge in [0.25, 0.3) is 0 Å². The van der Waals surface area contributed by atoms with Gasteiger partial charge in [0.2, 0.25) is 0 Å². The van der Waals surface area contributed by atoms with E-state index in [1.165, 1.54) is 17.4 Å². The van der Waals surface area contributed by atoms with Gasteiger partial charge in [0, 0.05) is 16.9 Å². The molecule has 0 radical (unpaired) electrons. The molecule has 5 heteroatoms. The van der Waals surface area contributed by atoms with E-state index in [0.717, 1.165) is 9.47 Å². The molecule has 2 N–H and O–H groups in total. The highest BCUT2D eigenvalue weighted by Gasteiger charge is 2.13. The van der Waals surface area contributed by atoms with Crippen LogP contribution in [0, 0.1) is 5.82 Å². The highest BCUT2D eigenvalue weighted by molar-refractivity contribution is 9.10. The Bertz CT molecular complexity index is 492. The first-order chi connectivity index (χ1) is 7.59. The quantitative estimate of drug-likeness (QED) is 0.850. The fourth-order valence-electron chi connectivity index (χ4n) is 1.47. The molecule has 2 rings (SSSR count). The minimum absolute atomic E-state index is 0.313. The average molecular weight is 301 g/mol. The van der Waals surface area contributed by atoms with E-state index in [4.69, 9.17) is 5.73 Å². The number of hydrogen-bond donors (Lipinski definition) is 1. The maximum atomic E-state index is 13.7. The molecule has 1 aromatic heterocycles. The van der Waals surface area contributed by atoms with Gasteiger partial charge < -0.3 is 10.6 Å². The highest BCUT2D eigenvalue weighted by atomic mass is 79.9. The van der Waals surface area contributed by atoms with Crippen LogP contribution in [0.5, 0.6) is 0 Å². The Kier molecular flexibility index (Phi) is 3.16. The second kappa shape index (κ2) is 4.43. The molecule has 0 bridgehead atoms. The lowest BCUT2D eigenvalue weighted by molar-refractivity contribution is 0.628. The number of halogens is 2. The Morgan fingerprint density at radius 3 is 2.75 bits per heavy atom. The van der Waals surface area contributed by atoms with Crippen molar-refractivity contribution in [2.75, 3.05) is 17.7 Å². The van der Waals surface area contributed by atoms with Crippen molar-refractivity contribution in [3.8, 4) is 0 Å². The van der Waals surface area contributed by atoms with Crippen LogP contribution in [0.2, 0.25) is 0 Å². The zero-order valence-corrected chi connectivity index (χ0v) is 11.0. The minimum Gasteiger partial charge on any atom is -0.397 e. The standard InChI is InChI=1S/C11H10BrFN2S/c1-15(10-5-7(12)6-16-10)11-8(13)3-2-4-9(11)14/h2-6H,14H2,1H3. The van der Waals surface area contributed by atoms with E-state index in [-0.39, 0.29) is 5.82 Å². The first kappa shape index (κ1) is 11.4. The number of nitrogen functional groups attached to an aromatic ring is 1. The molecule has 0 saturated carbocycles. The maximum absolute atomic E-state index is 13.7. The summed E-state index contributed by atoms with van der Waals surface area (Å²) in [6, 6.07) is 6.63. The molecule has 0 spiro atoms. The van der Waals surface area contributed by atoms with Crippen molar-refractivity contribution >= 4 is 43.6 Å². The number of nitrogens with two attached hydrogens (primary N) is 1. The van der Waals surface area contributed by atoms with E-state index < -0.39 is 0 Å². The molecule has 0 fully saturated rings. The van der Waals surface area contributed by atoms with Gasteiger partial charge >= 0.3 is 0 Å². The fourth-order valence-corrected chi connectivity index (χ4v) is 2.87. The number of hydrogen-bond acceptors (Lipinski definition) is 3. The van der Waals surface area contributed by atoms with Gasteiger partial charge in [-0.15, -0.1) is 11.3 Å². The molecular weight excluding hydrogens is 291 g/mol. The third-order valence-corrected chi connectivity index (χ3v) is 4.00. The minimum atomic E-state index is -0.313. The zero-order valence-electron chi connectivity index (χ0n) is 8.58. The third kappa shape index (κ3) is 2.05. The summed E-state index contributed by atoms with van der Waals surface area (Å²) in [7, 11) is 1.80. The summed E-state index contributed by atoms with van der Waals surface area (Å²) >= 11 is 4.90. The summed E-state index contributed by atoms with van der Waals surface area (Å²) in [4.78, 5) is 1.75. The number of anilines is 3. The van der Waals surface area contributed by atoms with Gasteiger partial charge in [0.15, 0.2) is 0 Å². The highest BCUT2D eigenvalue weighted by Crippen LogP contribution is 2.36. The van der Waals surface area contributed by atoms with E-state index in [1.54, 1.807) is 24.1 Å². The van der Waals surface area contributed by atoms with Crippen LogP contribution in [0.1, 0.15) is 0 Å². The molecule has 0 atom stereocenters. The summed E-state index contributed by atoms with van der Waals surface area (Å²) in [5, 5.41) is 2.88. The van der Waals surface area contributed by atoms with E-state index in [0.29, 0.717) is 11.4 Å². The van der Waals surface area contributed by atoms with Gasteiger partial charge in [0.1, 0.15) is 11.5 Å². The largest absolute Gasteiger partial charge is 0.397 e. The summed E-state index contributed by atoms with van der Waals surface area (Å²) in [6.07, 6.45) is 0. The average Bonchev–Trinajstić information content (AvgIpc) is 2.64. The molecule has 2 nitrogen and oxygen atoms in total. The third-order valence-electron chi connectivity index (χ3n) is 2.24. The molecular formula is C11H10BrFN2S. The summed E-state index contributed by atoms with van der Waals surface area (Å²) in [6.45, 7) is 0. The SMILES string of the molecule is CN(c1cc(Br)cs1)c1c(N)cccc1F. The van der Waals surface area contributed by atoms with Gasteiger partial charge in [-0.1, -0.05) is 6.07 Å². The van der Waals surface area contributed by atoms with Crippen LogP contribution in [0.4, 0.5) is 20.8 Å². The normalized spacial score (nSPS) is 10.4. The first-order valence-corrected chi connectivity index (χ1v) is 6.28. The smallest absolute Gasteiger partial charge is 0.148 e. The Labute approximate surface area is 106 Å². The monoisotopic (exact) mass is 300 g/mol. The lowest BCUT2D eigenvalue weighted by atomic mass is 10.2. The fraction of sp³-hybridized carbons (Fsp3) is 0.0909. The summed E-state index contributed by atoms with van der Waals surface area (Å²) in [5.74, 6) is -0.313. The van der Waals surface area contributed by atoms with E-state index >= 15 is 0 Å². The second-order valence-corrected chi connectivity index (χ2v) is 5.15. The molecule has 0 aliphatic rings. The van der Waals surface area contributed by atoms with E-state index in [1.807, 2.05) is 11.4 Å². The lowest BCUT2D eigenvalue weighted by Gasteiger charge is -2.19. The lowest BCUT2D eigenvalue weighted by Crippen LogP contribution is -2.12. The van der Waals surface area contributed by atoms with Crippen molar-refractivity contribution in [3.63, 3.8) is 0 Å². The van der Waals surface area contributed by atoms with Gasteiger partial charge in [-0.2, -0.15) is 0 Å². The molecule has 2 aromatic rings. The van der Waals surface area contributed by atoms with Gasteiger partial charge in [-0.05, 0) is 34.1 Å². The van der Waals surface area contributed by atoms with Crippen molar-refractivity contribution in [3.05, 3.63) is 39.9 Å². The zero-order chi connectivity index (χ0) is 11.7. The Morgan fingerprint density at radius 1 is 1.44 bits per heavy atom. The van der Waals surface area contributed by atoms with Crippen molar-refractivity contribution in [2.24, 2.45) is 0 Å². The first-order valence-electron chi connectivity index (χ1n) is 4.61. The summed E-state index contributed by atoms with van der Waals surface area (Å²) in [5.41, 5.74) is 6.63. The van der Waals surface area contributed by atoms with E-state index in [9.17, 15) is 4.39 Å². The predicted octanol–water partition coefficient (Wildman–Crippen LogP) is 4.00. The number of para-hydroxylation sites is 1. The van der Waals surface area contributed by atoms with Crippen LogP contribution in [0.25, 0.3) is 0 Å². The molecule has 0 unspecified atom stereocenters. The molecule has 16 heavy (non-hydrogen) atoms. The van der Waals surface area contributed by atoms with Crippen molar-refractivity contribution in [1.82, 2.24) is 0 Å². The predicted molar refractivity (Wildman–Crippen MR) is 70.9 cm³/mol. The molecule has 84 valence electrons. The molecule has 0 amide bonds. The van der Waals surface area contributed by atoms with Crippen LogP contribution in [-0.4, -0.2) is 7.05 Å². The van der Waals surface area contributed by atoms with Crippen molar-refractivity contribution in [1.29, 1.82) is 0 Å². The summed E-state index contributed by atoms with van der Waals surface area (Å²) < 4.78 is 14.6. The van der Waals surface area contributed by atoms with Crippen LogP contribution in [0.15, 0.2) is 34.1 Å². The molecule has 0 saturated heterocycles. The Hall–Kier alpha value is -1.07. The van der Waals surface area contributed by atoms with Crippen molar-refractivity contribution < 1.29 is 4.39 Å². The Morgan fingerprint density at radius 2 is 2.19 bits per heavy atom.